The standard InChI is InChI=1S/C29H40N4O5/c1-3-38-23-12-13-25-24(18-23)28(36)33(29(37)30(25)2)19-20-8-10-22(11-9-20)27(35)32-16-14-31(15-17-32)26(34)21-6-4-5-7-21/h12-13,18,20-22H,3-11,14-17,19H2,1-2H3. The second kappa shape index (κ2) is 11.3. The maximum atomic E-state index is 13.3. The lowest BCUT2D eigenvalue weighted by atomic mass is 9.81. The fourth-order valence-corrected chi connectivity index (χ4v) is 6.60. The van der Waals surface area contributed by atoms with E-state index in [4.69, 9.17) is 4.74 Å². The molecule has 0 bridgehead atoms. The number of aryl methyl sites for hydroxylation is 1. The smallest absolute Gasteiger partial charge is 0.331 e. The van der Waals surface area contributed by atoms with Crippen molar-refractivity contribution in [2.45, 2.75) is 64.8 Å². The molecule has 2 aromatic rings. The second-order valence-corrected chi connectivity index (χ2v) is 11.2. The third-order valence-electron chi connectivity index (χ3n) is 8.88. The van der Waals surface area contributed by atoms with Crippen LogP contribution in [0.25, 0.3) is 10.9 Å². The average molecular weight is 525 g/mol. The molecule has 206 valence electrons. The molecule has 2 heterocycles. The second-order valence-electron chi connectivity index (χ2n) is 11.2. The zero-order valence-electron chi connectivity index (χ0n) is 22.7. The number of benzene rings is 1. The van der Waals surface area contributed by atoms with E-state index >= 15 is 0 Å². The van der Waals surface area contributed by atoms with E-state index in [1.165, 1.54) is 9.13 Å². The Hall–Kier alpha value is -3.10. The summed E-state index contributed by atoms with van der Waals surface area (Å²) in [5.41, 5.74) is 0.00167. The van der Waals surface area contributed by atoms with Crippen molar-refractivity contribution in [1.82, 2.24) is 18.9 Å². The van der Waals surface area contributed by atoms with Crippen LogP contribution >= 0.6 is 0 Å². The number of carbonyl (C=O) groups is 2. The Morgan fingerprint density at radius 2 is 1.45 bits per heavy atom. The first-order chi connectivity index (χ1) is 18.4. The van der Waals surface area contributed by atoms with Gasteiger partial charge in [0.05, 0.1) is 17.5 Å². The molecule has 38 heavy (non-hydrogen) atoms. The molecule has 0 spiro atoms. The highest BCUT2D eigenvalue weighted by molar-refractivity contribution is 5.81. The van der Waals surface area contributed by atoms with Crippen molar-refractivity contribution in [1.29, 1.82) is 0 Å². The van der Waals surface area contributed by atoms with Crippen LogP contribution in [0.15, 0.2) is 27.8 Å². The van der Waals surface area contributed by atoms with Gasteiger partial charge in [-0.05, 0) is 69.6 Å². The van der Waals surface area contributed by atoms with Crippen LogP contribution in [0, 0.1) is 17.8 Å². The minimum atomic E-state index is -0.310. The highest BCUT2D eigenvalue weighted by Crippen LogP contribution is 2.32. The molecule has 9 heteroatoms. The van der Waals surface area contributed by atoms with Crippen LogP contribution in [0.5, 0.6) is 5.75 Å². The van der Waals surface area contributed by atoms with Gasteiger partial charge in [0.15, 0.2) is 0 Å². The van der Waals surface area contributed by atoms with Gasteiger partial charge < -0.3 is 14.5 Å². The zero-order chi connectivity index (χ0) is 26.8. The molecule has 3 fully saturated rings. The molecule has 0 atom stereocenters. The molecule has 0 unspecified atom stereocenters. The highest BCUT2D eigenvalue weighted by Gasteiger charge is 2.34. The van der Waals surface area contributed by atoms with Crippen LogP contribution < -0.4 is 16.0 Å². The first-order valence-corrected chi connectivity index (χ1v) is 14.3. The number of fused-ring (bicyclic) bond motifs is 1. The summed E-state index contributed by atoms with van der Waals surface area (Å²) < 4.78 is 8.44. The molecule has 1 aliphatic heterocycles. The summed E-state index contributed by atoms with van der Waals surface area (Å²) in [6.07, 6.45) is 7.46. The lowest BCUT2D eigenvalue weighted by Gasteiger charge is -2.38. The van der Waals surface area contributed by atoms with Gasteiger partial charge in [0.2, 0.25) is 11.8 Å². The van der Waals surface area contributed by atoms with E-state index < -0.39 is 0 Å². The Morgan fingerprint density at radius 3 is 2.03 bits per heavy atom. The SMILES string of the molecule is CCOc1ccc2c(c1)c(=O)n(CC1CCC(C(=O)N3CCN(C(=O)C4CCCC4)CC3)CC1)c(=O)n2C. The molecule has 9 nitrogen and oxygen atoms in total. The monoisotopic (exact) mass is 524 g/mol. The maximum absolute atomic E-state index is 13.3. The zero-order valence-corrected chi connectivity index (χ0v) is 22.7. The lowest BCUT2D eigenvalue weighted by Crippen LogP contribution is -2.53. The summed E-state index contributed by atoms with van der Waals surface area (Å²) >= 11 is 0. The summed E-state index contributed by atoms with van der Waals surface area (Å²) in [7, 11) is 1.69. The summed E-state index contributed by atoms with van der Waals surface area (Å²) in [4.78, 5) is 56.2. The van der Waals surface area contributed by atoms with Crippen LogP contribution in [0.2, 0.25) is 0 Å². The van der Waals surface area contributed by atoms with E-state index in [2.05, 4.69) is 0 Å². The van der Waals surface area contributed by atoms with Crippen LogP contribution in [0.1, 0.15) is 58.3 Å². The topological polar surface area (TPSA) is 93.8 Å². The summed E-state index contributed by atoms with van der Waals surface area (Å²) in [5, 5.41) is 0.479. The fourth-order valence-electron chi connectivity index (χ4n) is 6.60. The minimum absolute atomic E-state index is 0.0201. The molecular weight excluding hydrogens is 484 g/mol. The summed E-state index contributed by atoms with van der Waals surface area (Å²) in [6, 6.07) is 5.25. The van der Waals surface area contributed by atoms with Crippen molar-refractivity contribution >= 4 is 22.7 Å². The van der Waals surface area contributed by atoms with Gasteiger partial charge >= 0.3 is 5.69 Å². The van der Waals surface area contributed by atoms with Crippen molar-refractivity contribution in [3.8, 4) is 5.75 Å². The number of hydrogen-bond donors (Lipinski definition) is 0. The molecule has 0 radical (unpaired) electrons. The minimum Gasteiger partial charge on any atom is -0.494 e. The molecular formula is C29H40N4O5. The van der Waals surface area contributed by atoms with E-state index in [0.29, 0.717) is 56.0 Å². The Labute approximate surface area is 223 Å². The van der Waals surface area contributed by atoms with Gasteiger partial charge in [-0.3, -0.25) is 23.5 Å². The average Bonchev–Trinajstić information content (AvgIpc) is 3.49. The number of carbonyl (C=O) groups excluding carboxylic acids is 2. The van der Waals surface area contributed by atoms with Gasteiger partial charge in [-0.15, -0.1) is 0 Å². The number of hydrogen-bond acceptors (Lipinski definition) is 5. The number of rotatable bonds is 6. The first kappa shape index (κ1) is 26.5. The Bertz CT molecular complexity index is 1290. The first-order valence-electron chi connectivity index (χ1n) is 14.3. The van der Waals surface area contributed by atoms with Gasteiger partial charge in [0.25, 0.3) is 5.56 Å². The normalized spacial score (nSPS) is 22.7. The quantitative estimate of drug-likeness (QED) is 0.579. The molecule has 2 aliphatic carbocycles. The molecule has 1 aromatic heterocycles. The van der Waals surface area contributed by atoms with Crippen molar-refractivity contribution in [2.75, 3.05) is 32.8 Å². The van der Waals surface area contributed by atoms with E-state index in [1.54, 1.807) is 25.2 Å². The third-order valence-corrected chi connectivity index (χ3v) is 8.88. The molecule has 1 aromatic carbocycles. The third kappa shape index (κ3) is 5.24. The van der Waals surface area contributed by atoms with Crippen molar-refractivity contribution in [3.05, 3.63) is 39.0 Å². The van der Waals surface area contributed by atoms with Gasteiger partial charge in [-0.1, -0.05) is 12.8 Å². The summed E-state index contributed by atoms with van der Waals surface area (Å²) in [6.45, 7) is 5.26. The Morgan fingerprint density at radius 1 is 0.868 bits per heavy atom. The molecule has 5 rings (SSSR count). The van der Waals surface area contributed by atoms with E-state index in [0.717, 1.165) is 51.4 Å². The Kier molecular flexibility index (Phi) is 7.91. The molecule has 2 saturated carbocycles. The van der Waals surface area contributed by atoms with Crippen molar-refractivity contribution in [2.24, 2.45) is 24.8 Å². The lowest BCUT2D eigenvalue weighted by molar-refractivity contribution is -0.144. The number of ether oxygens (including phenoxy) is 1. The van der Waals surface area contributed by atoms with Crippen LogP contribution in [-0.2, 0) is 23.2 Å². The highest BCUT2D eigenvalue weighted by atomic mass is 16.5. The van der Waals surface area contributed by atoms with Crippen molar-refractivity contribution in [3.63, 3.8) is 0 Å². The number of piperazine rings is 1. The molecule has 2 amide bonds. The molecule has 1 saturated heterocycles. The maximum Gasteiger partial charge on any atom is 0.331 e. The van der Waals surface area contributed by atoms with Crippen LogP contribution in [0.4, 0.5) is 0 Å². The Balaban J connectivity index is 1.18. The van der Waals surface area contributed by atoms with E-state index in [1.807, 2.05) is 16.7 Å². The van der Waals surface area contributed by atoms with Crippen LogP contribution in [-0.4, -0.2) is 63.5 Å². The summed E-state index contributed by atoms with van der Waals surface area (Å²) in [5.74, 6) is 1.43. The fraction of sp³-hybridized carbons (Fsp3) is 0.655. The largest absolute Gasteiger partial charge is 0.494 e. The number of aromatic nitrogens is 2. The van der Waals surface area contributed by atoms with E-state index in [-0.39, 0.29) is 40.8 Å². The van der Waals surface area contributed by atoms with Crippen molar-refractivity contribution < 1.29 is 14.3 Å². The van der Waals surface area contributed by atoms with Crippen LogP contribution in [0.3, 0.4) is 0 Å². The molecule has 3 aliphatic rings. The molecule has 0 N–H and O–H groups in total. The van der Waals surface area contributed by atoms with Gasteiger partial charge in [-0.2, -0.15) is 0 Å². The van der Waals surface area contributed by atoms with Gasteiger partial charge in [-0.25, -0.2) is 4.79 Å². The van der Waals surface area contributed by atoms with Gasteiger partial charge in [0, 0.05) is 51.6 Å². The van der Waals surface area contributed by atoms with E-state index in [9.17, 15) is 19.2 Å². The number of nitrogens with zero attached hydrogens (tertiary/aromatic N) is 4. The number of amides is 2. The van der Waals surface area contributed by atoms with Gasteiger partial charge in [0.1, 0.15) is 5.75 Å². The predicted octanol–water partition coefficient (Wildman–Crippen LogP) is 2.77. The predicted molar refractivity (Wildman–Crippen MR) is 145 cm³/mol.